The van der Waals surface area contributed by atoms with Gasteiger partial charge in [0.1, 0.15) is 12.9 Å². The van der Waals surface area contributed by atoms with Crippen LogP contribution < -0.4 is 5.32 Å². The predicted molar refractivity (Wildman–Crippen MR) is 79.6 cm³/mol. The third-order valence-electron chi connectivity index (χ3n) is 3.10. The molecule has 0 bridgehead atoms. The smallest absolute Gasteiger partial charge is 0.327 e. The van der Waals surface area contributed by atoms with Crippen molar-refractivity contribution in [2.45, 2.75) is 25.1 Å². The van der Waals surface area contributed by atoms with Crippen LogP contribution in [0, 0.1) is 0 Å². The molecular weight excluding hydrogens is 292 g/mol. The van der Waals surface area contributed by atoms with Gasteiger partial charge in [-0.15, -0.1) is 0 Å². The first-order valence-corrected chi connectivity index (χ1v) is 7.51. The zero-order chi connectivity index (χ0) is 15.2. The third-order valence-corrected chi connectivity index (χ3v) is 4.26. The fourth-order valence-electron chi connectivity index (χ4n) is 2.10. The van der Waals surface area contributed by atoms with Gasteiger partial charge in [0.15, 0.2) is 10.9 Å². The summed E-state index contributed by atoms with van der Waals surface area (Å²) in [5.41, 5.74) is 1.08. The van der Waals surface area contributed by atoms with Crippen LogP contribution >= 0.6 is 11.8 Å². The van der Waals surface area contributed by atoms with Gasteiger partial charge in [0, 0.05) is 18.7 Å². The van der Waals surface area contributed by atoms with Gasteiger partial charge in [-0.2, -0.15) is 5.10 Å². The van der Waals surface area contributed by atoms with Crippen molar-refractivity contribution >= 4 is 28.9 Å². The molecule has 1 aliphatic heterocycles. The van der Waals surface area contributed by atoms with Gasteiger partial charge < -0.3 is 10.1 Å². The highest BCUT2D eigenvalue weighted by atomic mass is 32.2. The zero-order valence-electron chi connectivity index (χ0n) is 12.0. The molecule has 1 unspecified atom stereocenters. The topological polar surface area (TPSA) is 86.1 Å². The molecule has 1 saturated heterocycles. The van der Waals surface area contributed by atoms with Crippen LogP contribution in [0.5, 0.6) is 0 Å². The standard InChI is InChI=1S/C13H18N4O3S/c1-9(18)21-11-3-4-14-6-10(11)5-12-15-8-16-17(12)7-13(19)20-2/h5,8,11,14H,3-4,6-7H2,1-2H3/b10-5+. The van der Waals surface area contributed by atoms with E-state index in [1.807, 2.05) is 6.08 Å². The van der Waals surface area contributed by atoms with E-state index in [1.165, 1.54) is 29.9 Å². The normalized spacial score (nSPS) is 20.5. The largest absolute Gasteiger partial charge is 0.468 e. The average molecular weight is 310 g/mol. The van der Waals surface area contributed by atoms with E-state index in [1.54, 1.807) is 6.92 Å². The maximum absolute atomic E-state index is 11.3. The number of thioether (sulfide) groups is 1. The van der Waals surface area contributed by atoms with Crippen LogP contribution in [-0.4, -0.2) is 51.3 Å². The van der Waals surface area contributed by atoms with E-state index in [0.717, 1.165) is 18.5 Å². The number of rotatable bonds is 4. The number of esters is 1. The Hall–Kier alpha value is -1.67. The average Bonchev–Trinajstić information content (AvgIpc) is 2.87. The SMILES string of the molecule is COC(=O)Cn1ncnc1/C=C1\CNCCC1SC(C)=O. The highest BCUT2D eigenvalue weighted by Gasteiger charge is 2.21. The molecule has 21 heavy (non-hydrogen) atoms. The summed E-state index contributed by atoms with van der Waals surface area (Å²) < 4.78 is 6.12. The van der Waals surface area contributed by atoms with E-state index >= 15 is 0 Å². The van der Waals surface area contributed by atoms with Crippen molar-refractivity contribution in [1.29, 1.82) is 0 Å². The van der Waals surface area contributed by atoms with Gasteiger partial charge in [-0.05, 0) is 24.6 Å². The van der Waals surface area contributed by atoms with Crippen LogP contribution in [0.25, 0.3) is 6.08 Å². The molecule has 0 radical (unpaired) electrons. The van der Waals surface area contributed by atoms with E-state index in [9.17, 15) is 9.59 Å². The fraction of sp³-hybridized carbons (Fsp3) is 0.538. The number of hydrogen-bond acceptors (Lipinski definition) is 7. The number of carbonyl (C=O) groups excluding carboxylic acids is 2. The first kappa shape index (κ1) is 15.7. The summed E-state index contributed by atoms with van der Waals surface area (Å²) in [5, 5.41) is 7.55. The minimum Gasteiger partial charge on any atom is -0.468 e. The third kappa shape index (κ3) is 4.40. The molecule has 0 aromatic carbocycles. The molecule has 1 aromatic heterocycles. The van der Waals surface area contributed by atoms with Gasteiger partial charge in [0.25, 0.3) is 0 Å². The highest BCUT2D eigenvalue weighted by molar-refractivity contribution is 8.14. The molecule has 8 heteroatoms. The molecule has 0 saturated carbocycles. The summed E-state index contributed by atoms with van der Waals surface area (Å²) in [6.45, 7) is 3.19. The number of aromatic nitrogens is 3. The number of nitrogens with zero attached hydrogens (tertiary/aromatic N) is 3. The van der Waals surface area contributed by atoms with Gasteiger partial charge in [-0.25, -0.2) is 9.67 Å². The lowest BCUT2D eigenvalue weighted by Crippen LogP contribution is -2.32. The number of methoxy groups -OCH3 is 1. The summed E-state index contributed by atoms with van der Waals surface area (Å²) in [6, 6.07) is 0. The van der Waals surface area contributed by atoms with Gasteiger partial charge in [0.2, 0.25) is 0 Å². The highest BCUT2D eigenvalue weighted by Crippen LogP contribution is 2.26. The second-order valence-corrected chi connectivity index (χ2v) is 6.01. The molecule has 2 heterocycles. The number of piperidine rings is 1. The summed E-state index contributed by atoms with van der Waals surface area (Å²) in [7, 11) is 1.34. The quantitative estimate of drug-likeness (QED) is 0.809. The molecule has 1 fully saturated rings. The lowest BCUT2D eigenvalue weighted by Gasteiger charge is -2.24. The number of ether oxygens (including phenoxy) is 1. The van der Waals surface area contributed by atoms with Gasteiger partial charge in [0.05, 0.1) is 7.11 Å². The minimum absolute atomic E-state index is 0.0214. The molecule has 0 amide bonds. The van der Waals surface area contributed by atoms with Crippen LogP contribution in [0.2, 0.25) is 0 Å². The first-order chi connectivity index (χ1) is 10.1. The Labute approximate surface area is 127 Å². The van der Waals surface area contributed by atoms with Crippen LogP contribution in [-0.2, 0) is 20.9 Å². The van der Waals surface area contributed by atoms with Crippen molar-refractivity contribution in [3.05, 3.63) is 17.7 Å². The Morgan fingerprint density at radius 2 is 2.43 bits per heavy atom. The van der Waals surface area contributed by atoms with Gasteiger partial charge >= 0.3 is 5.97 Å². The number of nitrogens with one attached hydrogen (secondary N) is 1. The van der Waals surface area contributed by atoms with E-state index in [4.69, 9.17) is 0 Å². The zero-order valence-corrected chi connectivity index (χ0v) is 12.9. The first-order valence-electron chi connectivity index (χ1n) is 6.63. The summed E-state index contributed by atoms with van der Waals surface area (Å²) in [5.74, 6) is 0.213. The lowest BCUT2D eigenvalue weighted by atomic mass is 10.1. The maximum atomic E-state index is 11.3. The second-order valence-electron chi connectivity index (χ2n) is 4.63. The summed E-state index contributed by atoms with van der Waals surface area (Å²) >= 11 is 1.33. The molecule has 1 aromatic rings. The van der Waals surface area contributed by atoms with Crippen LogP contribution in [0.15, 0.2) is 11.9 Å². The Balaban J connectivity index is 2.18. The molecule has 0 aliphatic carbocycles. The predicted octanol–water partition coefficient (Wildman–Crippen LogP) is 0.476. The van der Waals surface area contributed by atoms with Crippen molar-refractivity contribution in [2.24, 2.45) is 0 Å². The van der Waals surface area contributed by atoms with Crippen molar-refractivity contribution in [3.8, 4) is 0 Å². The molecule has 7 nitrogen and oxygen atoms in total. The molecule has 2 rings (SSSR count). The summed E-state index contributed by atoms with van der Waals surface area (Å²) in [6.07, 6.45) is 4.18. The molecule has 0 spiro atoms. The molecule has 114 valence electrons. The van der Waals surface area contributed by atoms with Gasteiger partial charge in [-0.1, -0.05) is 11.8 Å². The fourth-order valence-corrected chi connectivity index (χ4v) is 3.04. The molecular formula is C13H18N4O3S. The van der Waals surface area contributed by atoms with Crippen molar-refractivity contribution < 1.29 is 14.3 Å². The number of hydrogen-bond donors (Lipinski definition) is 1. The Bertz CT molecular complexity index is 555. The van der Waals surface area contributed by atoms with E-state index in [-0.39, 0.29) is 22.9 Å². The minimum atomic E-state index is -0.378. The summed E-state index contributed by atoms with van der Waals surface area (Å²) in [4.78, 5) is 26.8. The van der Waals surface area contributed by atoms with Gasteiger partial charge in [-0.3, -0.25) is 9.59 Å². The van der Waals surface area contributed by atoms with Crippen molar-refractivity contribution in [2.75, 3.05) is 20.2 Å². The Kier molecular flexibility index (Phi) is 5.51. The van der Waals surface area contributed by atoms with E-state index in [2.05, 4.69) is 20.1 Å². The maximum Gasteiger partial charge on any atom is 0.327 e. The van der Waals surface area contributed by atoms with Crippen LogP contribution in [0.1, 0.15) is 19.2 Å². The molecule has 1 N–H and O–H groups in total. The molecule has 1 aliphatic rings. The van der Waals surface area contributed by atoms with E-state index < -0.39 is 0 Å². The van der Waals surface area contributed by atoms with Crippen LogP contribution in [0.3, 0.4) is 0 Å². The lowest BCUT2D eigenvalue weighted by molar-refractivity contribution is -0.141. The Morgan fingerprint density at radius 3 is 3.14 bits per heavy atom. The monoisotopic (exact) mass is 310 g/mol. The van der Waals surface area contributed by atoms with Crippen LogP contribution in [0.4, 0.5) is 0 Å². The van der Waals surface area contributed by atoms with Crippen molar-refractivity contribution in [1.82, 2.24) is 20.1 Å². The number of carbonyl (C=O) groups is 2. The van der Waals surface area contributed by atoms with E-state index in [0.29, 0.717) is 12.4 Å². The Morgan fingerprint density at radius 1 is 1.62 bits per heavy atom. The molecule has 1 atom stereocenters. The second kappa shape index (κ2) is 7.37. The van der Waals surface area contributed by atoms with Crippen molar-refractivity contribution in [3.63, 3.8) is 0 Å².